The Hall–Kier alpha value is -1.79. The number of carbonyl (C=O) groups is 1. The summed E-state index contributed by atoms with van der Waals surface area (Å²) in [4.78, 5) is 19.9. The molecule has 0 aromatic carbocycles. The van der Waals surface area contributed by atoms with Crippen LogP contribution in [-0.2, 0) is 15.0 Å². The van der Waals surface area contributed by atoms with Crippen molar-refractivity contribution in [3.8, 4) is 6.07 Å². The van der Waals surface area contributed by atoms with Crippen molar-refractivity contribution in [1.82, 2.24) is 9.97 Å². The number of anilines is 1. The minimum atomic E-state index is -4.83. The quantitative estimate of drug-likeness (QED) is 0.579. The van der Waals surface area contributed by atoms with Crippen LogP contribution in [0.4, 0.5) is 9.70 Å². The normalized spacial score (nSPS) is 19.5. The summed E-state index contributed by atoms with van der Waals surface area (Å²) < 4.78 is 34.5. The molecule has 1 unspecified atom stereocenters. The molecule has 1 aromatic heterocycles. The second-order valence-corrected chi connectivity index (χ2v) is 5.75. The lowest BCUT2D eigenvalue weighted by atomic mass is 10.3. The van der Waals surface area contributed by atoms with Crippen molar-refractivity contribution >= 4 is 33.5 Å². The van der Waals surface area contributed by atoms with Gasteiger partial charge in [-0.1, -0.05) is 0 Å². The molecule has 1 aliphatic heterocycles. The molecule has 0 radical (unpaired) electrons. The zero-order valence-electron chi connectivity index (χ0n) is 9.25. The number of nitrogens with zero attached hydrogens (tertiary/aromatic N) is 4. The highest BCUT2D eigenvalue weighted by molar-refractivity contribution is 7.87. The summed E-state index contributed by atoms with van der Waals surface area (Å²) >= 11 is 5.56. The number of carbonyl (C=O) groups excluding carboxylic acids is 1. The Morgan fingerprint density at radius 2 is 2.26 bits per heavy atom. The number of hydrogen-bond acceptors (Lipinski definition) is 6. The molecule has 1 aliphatic rings. The molecule has 1 amide bonds. The van der Waals surface area contributed by atoms with Crippen molar-refractivity contribution in [1.29, 1.82) is 5.26 Å². The summed E-state index contributed by atoms with van der Waals surface area (Å²) in [6.45, 7) is -0.403. The van der Waals surface area contributed by atoms with Crippen LogP contribution in [0.3, 0.4) is 0 Å². The Kier molecular flexibility index (Phi) is 3.38. The fraction of sp³-hybridized carbons (Fsp3) is 0.333. The molecule has 1 fully saturated rings. The van der Waals surface area contributed by atoms with Gasteiger partial charge in [-0.05, 0) is 11.6 Å². The van der Waals surface area contributed by atoms with Gasteiger partial charge in [0.25, 0.3) is 0 Å². The van der Waals surface area contributed by atoms with Gasteiger partial charge in [0.1, 0.15) is 16.9 Å². The SMILES string of the molecule is N#Cc1cnc(Cl)nc1N1CC(S(=O)(=O)F)CC1=O. The maximum atomic E-state index is 12.9. The van der Waals surface area contributed by atoms with E-state index >= 15 is 0 Å². The number of rotatable bonds is 2. The van der Waals surface area contributed by atoms with Gasteiger partial charge in [-0.15, -0.1) is 3.89 Å². The van der Waals surface area contributed by atoms with E-state index in [1.165, 1.54) is 0 Å². The first-order chi connectivity index (χ1) is 8.82. The molecular weight excluding hydrogens is 299 g/mol. The van der Waals surface area contributed by atoms with Gasteiger partial charge in [0.15, 0.2) is 5.82 Å². The van der Waals surface area contributed by atoms with Crippen LogP contribution in [0, 0.1) is 11.3 Å². The van der Waals surface area contributed by atoms with E-state index in [1.807, 2.05) is 0 Å². The molecule has 1 atom stereocenters. The van der Waals surface area contributed by atoms with Crippen LogP contribution in [0.25, 0.3) is 0 Å². The molecule has 0 N–H and O–H groups in total. The van der Waals surface area contributed by atoms with Crippen LogP contribution in [0.15, 0.2) is 6.20 Å². The molecule has 7 nitrogen and oxygen atoms in total. The van der Waals surface area contributed by atoms with Gasteiger partial charge in [-0.3, -0.25) is 9.69 Å². The highest BCUT2D eigenvalue weighted by atomic mass is 35.5. The maximum absolute atomic E-state index is 12.9. The minimum Gasteiger partial charge on any atom is -0.294 e. The van der Waals surface area contributed by atoms with E-state index in [9.17, 15) is 17.1 Å². The van der Waals surface area contributed by atoms with Gasteiger partial charge >= 0.3 is 10.2 Å². The van der Waals surface area contributed by atoms with Crippen LogP contribution in [0.1, 0.15) is 12.0 Å². The number of hydrogen-bond donors (Lipinski definition) is 0. The molecule has 10 heteroatoms. The third-order valence-electron chi connectivity index (χ3n) is 2.60. The molecule has 0 aliphatic carbocycles. The average molecular weight is 305 g/mol. The number of halogens is 2. The monoisotopic (exact) mass is 304 g/mol. The fourth-order valence-corrected chi connectivity index (χ4v) is 2.50. The number of nitriles is 1. The van der Waals surface area contributed by atoms with Crippen LogP contribution in [0.5, 0.6) is 0 Å². The minimum absolute atomic E-state index is 0.0466. The first-order valence-electron chi connectivity index (χ1n) is 4.99. The van der Waals surface area contributed by atoms with Crippen LogP contribution in [-0.4, -0.2) is 36.1 Å². The molecule has 1 aromatic rings. The topological polar surface area (TPSA) is 104 Å². The third-order valence-corrected chi connectivity index (χ3v) is 3.90. The molecule has 0 saturated carbocycles. The standard InChI is InChI=1S/C9H6ClFN4O3S/c10-9-13-3-5(2-12)8(14-9)15-4-6(1-7(15)16)19(11,17)18/h3,6H,1,4H2. The lowest BCUT2D eigenvalue weighted by Gasteiger charge is -2.15. The van der Waals surface area contributed by atoms with E-state index < -0.39 is 34.3 Å². The van der Waals surface area contributed by atoms with E-state index in [1.54, 1.807) is 6.07 Å². The highest BCUT2D eigenvalue weighted by Crippen LogP contribution is 2.27. The van der Waals surface area contributed by atoms with Crippen molar-refractivity contribution in [2.75, 3.05) is 11.4 Å². The van der Waals surface area contributed by atoms with Gasteiger partial charge in [0, 0.05) is 13.0 Å². The summed E-state index contributed by atoms with van der Waals surface area (Å²) in [5.41, 5.74) is -0.0466. The lowest BCUT2D eigenvalue weighted by molar-refractivity contribution is -0.117. The third kappa shape index (κ3) is 2.64. The lowest BCUT2D eigenvalue weighted by Crippen LogP contribution is -2.28. The molecule has 1 saturated heterocycles. The van der Waals surface area contributed by atoms with E-state index in [2.05, 4.69) is 9.97 Å². The van der Waals surface area contributed by atoms with E-state index in [-0.39, 0.29) is 16.7 Å². The molecule has 100 valence electrons. The molecular formula is C9H6ClFN4O3S. The van der Waals surface area contributed by atoms with Crippen molar-refractivity contribution < 1.29 is 17.1 Å². The van der Waals surface area contributed by atoms with E-state index in [0.717, 1.165) is 11.1 Å². The molecule has 0 bridgehead atoms. The van der Waals surface area contributed by atoms with E-state index in [4.69, 9.17) is 16.9 Å². The van der Waals surface area contributed by atoms with E-state index in [0.29, 0.717) is 0 Å². The smallest absolute Gasteiger partial charge is 0.294 e. The van der Waals surface area contributed by atoms with Crippen molar-refractivity contribution in [2.45, 2.75) is 11.7 Å². The second kappa shape index (κ2) is 4.71. The van der Waals surface area contributed by atoms with Gasteiger partial charge in [0.2, 0.25) is 11.2 Å². The Bertz CT molecular complexity index is 687. The van der Waals surface area contributed by atoms with Crippen molar-refractivity contribution in [3.63, 3.8) is 0 Å². The Morgan fingerprint density at radius 3 is 2.79 bits per heavy atom. The summed E-state index contributed by atoms with van der Waals surface area (Å²) in [5.74, 6) is -0.754. The van der Waals surface area contributed by atoms with Crippen LogP contribution >= 0.6 is 11.6 Å². The predicted octanol–water partition coefficient (Wildman–Crippen LogP) is 0.406. The van der Waals surface area contributed by atoms with Crippen molar-refractivity contribution in [2.24, 2.45) is 0 Å². The Morgan fingerprint density at radius 1 is 1.58 bits per heavy atom. The number of amides is 1. The summed E-state index contributed by atoms with van der Waals surface area (Å²) in [6, 6.07) is 1.75. The van der Waals surface area contributed by atoms with Gasteiger partial charge in [-0.2, -0.15) is 18.7 Å². The van der Waals surface area contributed by atoms with Crippen LogP contribution < -0.4 is 4.90 Å². The summed E-state index contributed by atoms with van der Waals surface area (Å²) in [5, 5.41) is 7.22. The zero-order valence-corrected chi connectivity index (χ0v) is 10.8. The molecule has 2 heterocycles. The Balaban J connectivity index is 2.42. The van der Waals surface area contributed by atoms with Gasteiger partial charge in [-0.25, -0.2) is 4.98 Å². The summed E-state index contributed by atoms with van der Waals surface area (Å²) in [6.07, 6.45) is 0.612. The Labute approximate surface area is 112 Å². The zero-order chi connectivity index (χ0) is 14.2. The summed E-state index contributed by atoms with van der Waals surface area (Å²) in [7, 11) is -4.83. The van der Waals surface area contributed by atoms with Gasteiger partial charge in [0.05, 0.1) is 6.20 Å². The first kappa shape index (κ1) is 13.6. The highest BCUT2D eigenvalue weighted by Gasteiger charge is 2.40. The molecule has 2 rings (SSSR count). The molecule has 0 spiro atoms. The largest absolute Gasteiger partial charge is 0.307 e. The fourth-order valence-electron chi connectivity index (χ4n) is 1.70. The molecule has 19 heavy (non-hydrogen) atoms. The van der Waals surface area contributed by atoms with Gasteiger partial charge < -0.3 is 0 Å². The first-order valence-corrected chi connectivity index (χ1v) is 6.82. The average Bonchev–Trinajstić information content (AvgIpc) is 2.71. The van der Waals surface area contributed by atoms with Crippen molar-refractivity contribution in [3.05, 3.63) is 17.0 Å². The predicted molar refractivity (Wildman–Crippen MR) is 62.5 cm³/mol. The van der Waals surface area contributed by atoms with Crippen LogP contribution in [0.2, 0.25) is 5.28 Å². The number of aromatic nitrogens is 2. The maximum Gasteiger partial charge on any atom is 0.307 e. The second-order valence-electron chi connectivity index (χ2n) is 3.79.